The second-order valence-electron chi connectivity index (χ2n) is 3.93. The SMILES string of the molecule is O=C1C(Nc2ncccn2)CCN1CC(F)(F)F. The quantitative estimate of drug-likeness (QED) is 0.882. The van der Waals surface area contributed by atoms with E-state index in [9.17, 15) is 18.0 Å². The molecule has 1 aliphatic rings. The monoisotopic (exact) mass is 260 g/mol. The van der Waals surface area contributed by atoms with Crippen molar-refractivity contribution < 1.29 is 18.0 Å². The largest absolute Gasteiger partial charge is 0.406 e. The van der Waals surface area contributed by atoms with E-state index in [1.54, 1.807) is 6.07 Å². The molecule has 8 heteroatoms. The van der Waals surface area contributed by atoms with Crippen molar-refractivity contribution in [1.29, 1.82) is 0 Å². The minimum Gasteiger partial charge on any atom is -0.342 e. The number of nitrogens with one attached hydrogen (secondary N) is 1. The molecule has 0 radical (unpaired) electrons. The highest BCUT2D eigenvalue weighted by Gasteiger charge is 2.39. The molecule has 1 atom stereocenters. The van der Waals surface area contributed by atoms with E-state index in [4.69, 9.17) is 0 Å². The van der Waals surface area contributed by atoms with Crippen molar-refractivity contribution in [2.75, 3.05) is 18.4 Å². The summed E-state index contributed by atoms with van der Waals surface area (Å²) in [5, 5.41) is 2.73. The third-order valence-corrected chi connectivity index (χ3v) is 2.54. The van der Waals surface area contributed by atoms with Gasteiger partial charge in [-0.25, -0.2) is 9.97 Å². The van der Waals surface area contributed by atoms with E-state index in [2.05, 4.69) is 15.3 Å². The van der Waals surface area contributed by atoms with Crippen LogP contribution < -0.4 is 5.32 Å². The molecule has 98 valence electrons. The lowest BCUT2D eigenvalue weighted by molar-refractivity contribution is -0.157. The Morgan fingerprint density at radius 3 is 2.67 bits per heavy atom. The van der Waals surface area contributed by atoms with Gasteiger partial charge in [0.15, 0.2) is 0 Å². The first-order valence-corrected chi connectivity index (χ1v) is 5.35. The van der Waals surface area contributed by atoms with Crippen LogP contribution in [0.1, 0.15) is 6.42 Å². The highest BCUT2D eigenvalue weighted by atomic mass is 19.4. The molecule has 1 unspecified atom stereocenters. The molecule has 1 aromatic heterocycles. The number of carbonyl (C=O) groups excluding carboxylic acids is 1. The Kier molecular flexibility index (Phi) is 3.35. The van der Waals surface area contributed by atoms with Crippen molar-refractivity contribution in [3.8, 4) is 0 Å². The number of nitrogens with zero attached hydrogens (tertiary/aromatic N) is 3. The Morgan fingerprint density at radius 1 is 1.39 bits per heavy atom. The first kappa shape index (κ1) is 12.6. The van der Waals surface area contributed by atoms with Crippen molar-refractivity contribution in [1.82, 2.24) is 14.9 Å². The van der Waals surface area contributed by atoms with Gasteiger partial charge in [-0.3, -0.25) is 4.79 Å². The Balaban J connectivity index is 1.95. The summed E-state index contributed by atoms with van der Waals surface area (Å²) < 4.78 is 36.6. The zero-order valence-corrected chi connectivity index (χ0v) is 9.31. The highest BCUT2D eigenvalue weighted by molar-refractivity contribution is 5.86. The summed E-state index contributed by atoms with van der Waals surface area (Å²) in [6.45, 7) is -1.12. The number of carbonyl (C=O) groups is 1. The average Bonchev–Trinajstić information content (AvgIpc) is 2.61. The number of halogens is 3. The first-order valence-electron chi connectivity index (χ1n) is 5.35. The predicted octanol–water partition coefficient (Wildman–Crippen LogP) is 1.05. The van der Waals surface area contributed by atoms with Crippen LogP contribution in [0.25, 0.3) is 0 Å². The van der Waals surface area contributed by atoms with Crippen LogP contribution >= 0.6 is 0 Å². The van der Waals surface area contributed by atoms with E-state index >= 15 is 0 Å². The van der Waals surface area contributed by atoms with Gasteiger partial charge in [0.2, 0.25) is 11.9 Å². The van der Waals surface area contributed by atoms with Crippen molar-refractivity contribution in [3.63, 3.8) is 0 Å². The molecule has 1 N–H and O–H groups in total. The molecule has 1 saturated heterocycles. The number of hydrogen-bond donors (Lipinski definition) is 1. The van der Waals surface area contributed by atoms with Crippen LogP contribution in [0.15, 0.2) is 18.5 Å². The third kappa shape index (κ3) is 3.08. The maximum absolute atomic E-state index is 12.2. The first-order chi connectivity index (χ1) is 8.46. The van der Waals surface area contributed by atoms with Gasteiger partial charge in [0.05, 0.1) is 0 Å². The molecule has 2 rings (SSSR count). The van der Waals surface area contributed by atoms with Gasteiger partial charge in [-0.2, -0.15) is 13.2 Å². The highest BCUT2D eigenvalue weighted by Crippen LogP contribution is 2.21. The second kappa shape index (κ2) is 4.79. The fourth-order valence-electron chi connectivity index (χ4n) is 1.78. The van der Waals surface area contributed by atoms with Crippen molar-refractivity contribution in [3.05, 3.63) is 18.5 Å². The van der Waals surface area contributed by atoms with E-state index in [1.165, 1.54) is 12.4 Å². The zero-order chi connectivity index (χ0) is 13.2. The van der Waals surface area contributed by atoms with Crippen LogP contribution in [-0.4, -0.2) is 46.1 Å². The van der Waals surface area contributed by atoms with Gasteiger partial charge in [-0.1, -0.05) is 0 Å². The summed E-state index contributed by atoms with van der Waals surface area (Å²) in [5.74, 6) is -0.329. The number of likely N-dealkylation sites (tertiary alicyclic amines) is 1. The van der Waals surface area contributed by atoms with E-state index in [0.29, 0.717) is 6.42 Å². The lowest BCUT2D eigenvalue weighted by Crippen LogP contribution is -2.39. The average molecular weight is 260 g/mol. The minimum absolute atomic E-state index is 0.0862. The Labute approximate surface area is 101 Å². The van der Waals surface area contributed by atoms with Gasteiger partial charge in [0.25, 0.3) is 0 Å². The zero-order valence-electron chi connectivity index (χ0n) is 9.31. The fraction of sp³-hybridized carbons (Fsp3) is 0.500. The van der Waals surface area contributed by atoms with Gasteiger partial charge >= 0.3 is 6.18 Å². The summed E-state index contributed by atoms with van der Waals surface area (Å²) in [6.07, 6.45) is -1.08. The van der Waals surface area contributed by atoms with Gasteiger partial charge in [0, 0.05) is 18.9 Å². The maximum Gasteiger partial charge on any atom is 0.406 e. The van der Waals surface area contributed by atoms with Crippen LogP contribution in [0.3, 0.4) is 0 Å². The fourth-order valence-corrected chi connectivity index (χ4v) is 1.78. The summed E-state index contributed by atoms with van der Waals surface area (Å²) in [4.78, 5) is 20.2. The molecule has 18 heavy (non-hydrogen) atoms. The van der Waals surface area contributed by atoms with Crippen LogP contribution in [0.5, 0.6) is 0 Å². The van der Waals surface area contributed by atoms with E-state index in [1.807, 2.05) is 0 Å². The van der Waals surface area contributed by atoms with Crippen LogP contribution in [0.4, 0.5) is 19.1 Å². The van der Waals surface area contributed by atoms with Crippen molar-refractivity contribution >= 4 is 11.9 Å². The summed E-state index contributed by atoms with van der Waals surface area (Å²) in [7, 11) is 0. The van der Waals surface area contributed by atoms with Gasteiger partial charge in [-0.05, 0) is 12.5 Å². The lowest BCUT2D eigenvalue weighted by atomic mass is 10.2. The number of rotatable bonds is 3. The molecule has 0 aromatic carbocycles. The van der Waals surface area contributed by atoms with Crippen LogP contribution in [-0.2, 0) is 4.79 Å². The molecule has 2 heterocycles. The van der Waals surface area contributed by atoms with Crippen LogP contribution in [0.2, 0.25) is 0 Å². The number of alkyl halides is 3. The summed E-state index contributed by atoms with van der Waals surface area (Å²) in [5.41, 5.74) is 0. The Bertz CT molecular complexity index is 423. The number of aromatic nitrogens is 2. The van der Waals surface area contributed by atoms with E-state index in [0.717, 1.165) is 4.90 Å². The third-order valence-electron chi connectivity index (χ3n) is 2.54. The van der Waals surface area contributed by atoms with E-state index in [-0.39, 0.29) is 12.5 Å². The smallest absolute Gasteiger partial charge is 0.342 e. The number of amides is 1. The lowest BCUT2D eigenvalue weighted by Gasteiger charge is -2.18. The van der Waals surface area contributed by atoms with Crippen LogP contribution in [0, 0.1) is 0 Å². The normalized spacial score (nSPS) is 20.3. The maximum atomic E-state index is 12.2. The molecular weight excluding hydrogens is 249 g/mol. The topological polar surface area (TPSA) is 58.1 Å². The molecule has 1 fully saturated rings. The Morgan fingerprint density at radius 2 is 2.06 bits per heavy atom. The second-order valence-corrected chi connectivity index (χ2v) is 3.93. The molecule has 1 aliphatic heterocycles. The summed E-state index contributed by atoms with van der Waals surface area (Å²) >= 11 is 0. The van der Waals surface area contributed by atoms with Gasteiger partial charge < -0.3 is 10.2 Å². The van der Waals surface area contributed by atoms with Gasteiger partial charge in [-0.15, -0.1) is 0 Å². The molecule has 0 aliphatic carbocycles. The van der Waals surface area contributed by atoms with Gasteiger partial charge in [0.1, 0.15) is 12.6 Å². The number of anilines is 1. The van der Waals surface area contributed by atoms with E-state index < -0.39 is 24.7 Å². The molecule has 0 saturated carbocycles. The molecule has 0 bridgehead atoms. The Hall–Kier alpha value is -1.86. The predicted molar refractivity (Wildman–Crippen MR) is 56.7 cm³/mol. The molecular formula is C10H11F3N4O. The summed E-state index contributed by atoms with van der Waals surface area (Å²) in [6, 6.07) is 0.923. The van der Waals surface area contributed by atoms with Crippen molar-refractivity contribution in [2.24, 2.45) is 0 Å². The molecule has 1 amide bonds. The number of hydrogen-bond acceptors (Lipinski definition) is 4. The molecule has 0 spiro atoms. The molecule has 5 nitrogen and oxygen atoms in total. The standard InChI is InChI=1S/C10H11F3N4O/c11-10(12,13)6-17-5-2-7(8(17)18)16-9-14-3-1-4-15-9/h1,3-4,7H,2,5-6H2,(H,14,15,16). The van der Waals surface area contributed by atoms with Crippen molar-refractivity contribution in [2.45, 2.75) is 18.6 Å². The molecule has 1 aromatic rings. The minimum atomic E-state index is -4.37.